The van der Waals surface area contributed by atoms with Crippen LogP contribution in [0, 0.1) is 17.7 Å². The highest BCUT2D eigenvalue weighted by Gasteiger charge is 2.09. The summed E-state index contributed by atoms with van der Waals surface area (Å²) in [5.41, 5.74) is 6.42. The Balaban J connectivity index is 2.73. The van der Waals surface area contributed by atoms with Gasteiger partial charge in [-0.15, -0.1) is 11.8 Å². The molecule has 0 saturated carbocycles. The molecule has 0 radical (unpaired) electrons. The van der Waals surface area contributed by atoms with Gasteiger partial charge < -0.3 is 10.5 Å². The average Bonchev–Trinajstić information content (AvgIpc) is 2.26. The molecule has 0 fully saturated rings. The van der Waals surface area contributed by atoms with Crippen LogP contribution in [0.15, 0.2) is 18.2 Å². The van der Waals surface area contributed by atoms with Gasteiger partial charge >= 0.3 is 0 Å². The summed E-state index contributed by atoms with van der Waals surface area (Å²) in [6.07, 6.45) is 0.659. The van der Waals surface area contributed by atoms with Gasteiger partial charge in [0.1, 0.15) is 11.6 Å². The Morgan fingerprint density at radius 1 is 1.50 bits per heavy atom. The molecule has 2 nitrogen and oxygen atoms in total. The van der Waals surface area contributed by atoms with Crippen LogP contribution in [-0.4, -0.2) is 6.61 Å². The second-order valence-corrected chi connectivity index (χ2v) is 3.50. The molecule has 2 N–H and O–H groups in total. The van der Waals surface area contributed by atoms with E-state index in [0.717, 1.165) is 0 Å². The van der Waals surface area contributed by atoms with E-state index in [0.29, 0.717) is 24.3 Å². The third-order valence-corrected chi connectivity index (χ3v) is 2.12. The first-order chi connectivity index (χ1) is 7.65. The van der Waals surface area contributed by atoms with E-state index < -0.39 is 0 Å². The van der Waals surface area contributed by atoms with Gasteiger partial charge in [0.25, 0.3) is 0 Å². The van der Waals surface area contributed by atoms with Crippen molar-refractivity contribution in [1.82, 2.24) is 0 Å². The highest BCUT2D eigenvalue weighted by molar-refractivity contribution is 5.36. The van der Waals surface area contributed by atoms with Gasteiger partial charge in [0.2, 0.25) is 0 Å². The van der Waals surface area contributed by atoms with Crippen LogP contribution >= 0.6 is 0 Å². The van der Waals surface area contributed by atoms with Gasteiger partial charge in [0.05, 0.1) is 6.61 Å². The number of nitrogens with two attached hydrogens (primary N) is 1. The number of rotatable bonds is 4. The molecule has 1 aromatic rings. The van der Waals surface area contributed by atoms with Crippen LogP contribution in [0.4, 0.5) is 4.39 Å². The molecular formula is C13H16FNO. The molecular weight excluding hydrogens is 205 g/mol. The zero-order chi connectivity index (χ0) is 12.0. The van der Waals surface area contributed by atoms with E-state index in [1.165, 1.54) is 12.1 Å². The fraction of sp³-hybridized carbons (Fsp3) is 0.385. The monoisotopic (exact) mass is 221 g/mol. The molecule has 16 heavy (non-hydrogen) atoms. The van der Waals surface area contributed by atoms with Crippen LogP contribution in [0.1, 0.15) is 31.9 Å². The zero-order valence-corrected chi connectivity index (χ0v) is 9.59. The third kappa shape index (κ3) is 3.56. The van der Waals surface area contributed by atoms with Gasteiger partial charge in [-0.05, 0) is 32.0 Å². The van der Waals surface area contributed by atoms with Crippen molar-refractivity contribution < 1.29 is 9.13 Å². The number of hydrogen-bond acceptors (Lipinski definition) is 2. The molecule has 0 aromatic heterocycles. The van der Waals surface area contributed by atoms with Crippen LogP contribution in [0.25, 0.3) is 0 Å². The maximum Gasteiger partial charge on any atom is 0.124 e. The minimum atomic E-state index is -0.298. The first kappa shape index (κ1) is 12.5. The maximum absolute atomic E-state index is 13.0. The summed E-state index contributed by atoms with van der Waals surface area (Å²) in [7, 11) is 0. The van der Waals surface area contributed by atoms with Crippen molar-refractivity contribution in [2.45, 2.75) is 26.3 Å². The Bertz CT molecular complexity index is 404. The van der Waals surface area contributed by atoms with Crippen molar-refractivity contribution in [3.63, 3.8) is 0 Å². The van der Waals surface area contributed by atoms with Gasteiger partial charge in [0.15, 0.2) is 0 Å². The van der Waals surface area contributed by atoms with E-state index in [1.54, 1.807) is 19.9 Å². The lowest BCUT2D eigenvalue weighted by molar-refractivity contribution is 0.321. The van der Waals surface area contributed by atoms with Gasteiger partial charge in [0, 0.05) is 18.0 Å². The van der Waals surface area contributed by atoms with Crippen molar-refractivity contribution in [2.75, 3.05) is 6.61 Å². The Labute approximate surface area is 95.6 Å². The van der Waals surface area contributed by atoms with Crippen LogP contribution in [0.2, 0.25) is 0 Å². The summed E-state index contributed by atoms with van der Waals surface area (Å²) in [6, 6.07) is 4.13. The second kappa shape index (κ2) is 6.14. The van der Waals surface area contributed by atoms with Gasteiger partial charge in [-0.2, -0.15) is 0 Å². The fourth-order valence-electron chi connectivity index (χ4n) is 1.34. The van der Waals surface area contributed by atoms with Crippen LogP contribution in [-0.2, 0) is 0 Å². The number of ether oxygens (including phenoxy) is 1. The normalized spacial score (nSPS) is 11.5. The van der Waals surface area contributed by atoms with Crippen molar-refractivity contribution in [1.29, 1.82) is 0 Å². The summed E-state index contributed by atoms with van der Waals surface area (Å²) in [6.45, 7) is 4.07. The average molecular weight is 221 g/mol. The summed E-state index contributed by atoms with van der Waals surface area (Å²) in [5.74, 6) is 6.02. The fourth-order valence-corrected chi connectivity index (χ4v) is 1.34. The first-order valence-corrected chi connectivity index (χ1v) is 5.22. The van der Waals surface area contributed by atoms with E-state index in [1.807, 2.05) is 0 Å². The largest absolute Gasteiger partial charge is 0.492 e. The quantitative estimate of drug-likeness (QED) is 0.626. The van der Waals surface area contributed by atoms with Crippen LogP contribution < -0.4 is 10.5 Å². The molecule has 0 amide bonds. The summed E-state index contributed by atoms with van der Waals surface area (Å²) in [4.78, 5) is 0. The van der Waals surface area contributed by atoms with E-state index in [-0.39, 0.29) is 11.9 Å². The number of benzene rings is 1. The lowest BCUT2D eigenvalue weighted by atomic mass is 10.1. The van der Waals surface area contributed by atoms with Gasteiger partial charge in [-0.3, -0.25) is 0 Å². The molecule has 1 rings (SSSR count). The van der Waals surface area contributed by atoms with Crippen molar-refractivity contribution in [3.05, 3.63) is 29.6 Å². The van der Waals surface area contributed by atoms with Gasteiger partial charge in [-0.25, -0.2) is 4.39 Å². The van der Waals surface area contributed by atoms with E-state index in [9.17, 15) is 4.39 Å². The molecule has 0 bridgehead atoms. The van der Waals surface area contributed by atoms with Gasteiger partial charge in [-0.1, -0.05) is 0 Å². The first-order valence-electron chi connectivity index (χ1n) is 5.22. The molecule has 0 unspecified atom stereocenters. The second-order valence-electron chi connectivity index (χ2n) is 3.50. The molecule has 86 valence electrons. The Kier molecular flexibility index (Phi) is 4.81. The number of hydrogen-bond donors (Lipinski definition) is 1. The minimum absolute atomic E-state index is 0.247. The lowest BCUT2D eigenvalue weighted by Crippen LogP contribution is -2.09. The van der Waals surface area contributed by atoms with Crippen molar-refractivity contribution in [3.8, 4) is 17.6 Å². The summed E-state index contributed by atoms with van der Waals surface area (Å²) >= 11 is 0. The Morgan fingerprint density at radius 2 is 2.25 bits per heavy atom. The topological polar surface area (TPSA) is 35.2 Å². The van der Waals surface area contributed by atoms with Crippen molar-refractivity contribution in [2.24, 2.45) is 5.73 Å². The Hall–Kier alpha value is -1.53. The molecule has 0 heterocycles. The molecule has 3 heteroatoms. The smallest absolute Gasteiger partial charge is 0.124 e. The predicted octanol–water partition coefficient (Wildman–Crippen LogP) is 2.64. The highest BCUT2D eigenvalue weighted by atomic mass is 19.1. The summed E-state index contributed by atoms with van der Waals surface area (Å²) in [5, 5.41) is 0. The molecule has 1 atom stereocenters. The van der Waals surface area contributed by atoms with E-state index in [4.69, 9.17) is 10.5 Å². The molecule has 0 spiro atoms. The number of halogens is 1. The van der Waals surface area contributed by atoms with E-state index in [2.05, 4.69) is 11.8 Å². The third-order valence-electron chi connectivity index (χ3n) is 2.12. The SMILES string of the molecule is CC#CCCOc1ccc(F)cc1[C@H](C)N. The minimum Gasteiger partial charge on any atom is -0.492 e. The molecule has 0 aliphatic heterocycles. The molecule has 1 aromatic carbocycles. The zero-order valence-electron chi connectivity index (χ0n) is 9.59. The Morgan fingerprint density at radius 3 is 2.88 bits per heavy atom. The summed E-state index contributed by atoms with van der Waals surface area (Å²) < 4.78 is 18.5. The predicted molar refractivity (Wildman–Crippen MR) is 62.6 cm³/mol. The van der Waals surface area contributed by atoms with Crippen molar-refractivity contribution >= 4 is 0 Å². The molecule has 0 aliphatic carbocycles. The standard InChI is InChI=1S/C13H16FNO/c1-3-4-5-8-16-13-7-6-11(14)9-12(13)10(2)15/h6-7,9-10H,5,8,15H2,1-2H3/t10-/m0/s1. The molecule has 0 saturated heterocycles. The molecule has 0 aliphatic rings. The maximum atomic E-state index is 13.0. The van der Waals surface area contributed by atoms with E-state index >= 15 is 0 Å². The van der Waals surface area contributed by atoms with Crippen LogP contribution in [0.5, 0.6) is 5.75 Å². The highest BCUT2D eigenvalue weighted by Crippen LogP contribution is 2.24. The lowest BCUT2D eigenvalue weighted by Gasteiger charge is -2.13. The van der Waals surface area contributed by atoms with Crippen LogP contribution in [0.3, 0.4) is 0 Å².